The van der Waals surface area contributed by atoms with Gasteiger partial charge in [0.25, 0.3) is 0 Å². The van der Waals surface area contributed by atoms with Crippen LogP contribution in [0.3, 0.4) is 0 Å². The summed E-state index contributed by atoms with van der Waals surface area (Å²) in [4.78, 5) is 12.8. The van der Waals surface area contributed by atoms with Crippen LogP contribution >= 0.6 is 15.9 Å². The number of hydrogen-bond donors (Lipinski definition) is 0. The Morgan fingerprint density at radius 3 is 1.82 bits per heavy atom. The van der Waals surface area contributed by atoms with Gasteiger partial charge in [-0.15, -0.1) is 0 Å². The van der Waals surface area contributed by atoms with Gasteiger partial charge in [0.15, 0.2) is 0 Å². The quantitative estimate of drug-likeness (QED) is 0.181. The average Bonchev–Trinajstić information content (AvgIpc) is 2.54. The van der Waals surface area contributed by atoms with E-state index in [1.54, 1.807) is 0 Å². The largest absolute Gasteiger partial charge is 0.469 e. The normalized spacial score (nSPS) is 11.5. The Labute approximate surface area is 145 Å². The van der Waals surface area contributed by atoms with Gasteiger partial charge in [0, 0.05) is 6.42 Å². The minimum absolute atomic E-state index is 0.0740. The molecule has 128 valence electrons. The van der Waals surface area contributed by atoms with Crippen LogP contribution < -0.4 is 0 Å². The highest BCUT2D eigenvalue weighted by molar-refractivity contribution is 9.11. The maximum atomic E-state index is 10.9. The number of ether oxygens (including phenoxy) is 1. The number of unbranched alkanes of at least 4 members (excludes halogenated alkanes) is 11. The third kappa shape index (κ3) is 17.5. The Balaban J connectivity index is 3.07. The number of carbonyl (C=O) groups excluding carboxylic acids is 1. The molecule has 0 fully saturated rings. The van der Waals surface area contributed by atoms with Crippen LogP contribution in [0.5, 0.6) is 0 Å². The summed E-state index contributed by atoms with van der Waals surface area (Å²) >= 11 is 3.25. The van der Waals surface area contributed by atoms with Crippen molar-refractivity contribution in [1.29, 1.82) is 0 Å². The van der Waals surface area contributed by atoms with Gasteiger partial charge in [0.05, 0.1) is 7.11 Å². The highest BCUT2D eigenvalue weighted by Gasteiger charge is 1.99. The second kappa shape index (κ2) is 18.5. The molecule has 0 aliphatic rings. The molecule has 0 aliphatic carbocycles. The molecule has 0 spiro atoms. The van der Waals surface area contributed by atoms with Crippen molar-refractivity contribution >= 4 is 21.9 Å². The topological polar surface area (TPSA) is 26.3 Å². The van der Waals surface area contributed by atoms with E-state index in [1.165, 1.54) is 71.3 Å². The van der Waals surface area contributed by atoms with Crippen LogP contribution in [0.1, 0.15) is 83.5 Å². The first kappa shape index (κ1) is 21.4. The lowest BCUT2D eigenvalue weighted by Crippen LogP contribution is -1.99. The molecule has 2 nitrogen and oxygen atoms in total. The van der Waals surface area contributed by atoms with E-state index in [0.29, 0.717) is 6.42 Å². The molecule has 0 rings (SSSR count). The molecule has 0 bridgehead atoms. The van der Waals surface area contributed by atoms with Crippen LogP contribution in [-0.2, 0) is 9.53 Å². The lowest BCUT2D eigenvalue weighted by Gasteiger charge is -2.02. The highest BCUT2D eigenvalue weighted by Crippen LogP contribution is 2.12. The Kier molecular flexibility index (Phi) is 18.0. The number of methoxy groups -OCH3 is 1. The van der Waals surface area contributed by atoms with Crippen molar-refractivity contribution in [3.05, 3.63) is 23.2 Å². The van der Waals surface area contributed by atoms with Crippen LogP contribution in [0.25, 0.3) is 0 Å². The molecular formula is C19H33BrO2. The zero-order chi connectivity index (χ0) is 16.3. The fraction of sp³-hybridized carbons (Fsp3) is 0.737. The van der Waals surface area contributed by atoms with E-state index >= 15 is 0 Å². The van der Waals surface area contributed by atoms with E-state index in [0.717, 1.165) is 12.8 Å². The molecule has 0 aromatic rings. The molecule has 0 aliphatic heterocycles. The summed E-state index contributed by atoms with van der Waals surface area (Å²) in [5.74, 6) is -0.0740. The number of halogens is 1. The molecule has 0 unspecified atom stereocenters. The summed E-state index contributed by atoms with van der Waals surface area (Å²) < 4.78 is 4.63. The number of carbonyl (C=O) groups is 1. The van der Waals surface area contributed by atoms with E-state index in [2.05, 4.69) is 32.8 Å². The van der Waals surface area contributed by atoms with Crippen molar-refractivity contribution < 1.29 is 9.53 Å². The van der Waals surface area contributed by atoms with E-state index < -0.39 is 0 Å². The summed E-state index contributed by atoms with van der Waals surface area (Å²) in [6, 6.07) is 0. The molecule has 0 amide bonds. The van der Waals surface area contributed by atoms with E-state index in [1.807, 2.05) is 11.1 Å². The van der Waals surface area contributed by atoms with Crippen LogP contribution in [-0.4, -0.2) is 13.1 Å². The summed E-state index contributed by atoms with van der Waals surface area (Å²) in [5.41, 5.74) is 0. The van der Waals surface area contributed by atoms with Crippen molar-refractivity contribution in [3.63, 3.8) is 0 Å². The van der Waals surface area contributed by atoms with E-state index in [4.69, 9.17) is 0 Å². The van der Waals surface area contributed by atoms with Crippen molar-refractivity contribution in [2.45, 2.75) is 83.5 Å². The van der Waals surface area contributed by atoms with Gasteiger partial charge < -0.3 is 4.74 Å². The van der Waals surface area contributed by atoms with Crippen molar-refractivity contribution in [1.82, 2.24) is 0 Å². The summed E-state index contributed by atoms with van der Waals surface area (Å²) in [7, 11) is 1.46. The third-order valence-corrected chi connectivity index (χ3v) is 4.10. The minimum atomic E-state index is -0.0740. The van der Waals surface area contributed by atoms with Crippen molar-refractivity contribution in [2.75, 3.05) is 7.11 Å². The fourth-order valence-electron chi connectivity index (χ4n) is 2.44. The van der Waals surface area contributed by atoms with Crippen LogP contribution in [0.4, 0.5) is 0 Å². The molecule has 0 N–H and O–H groups in total. The number of rotatable bonds is 15. The number of allylic oxidation sites excluding steroid dienone is 3. The predicted molar refractivity (Wildman–Crippen MR) is 99.2 cm³/mol. The highest BCUT2D eigenvalue weighted by atomic mass is 79.9. The molecule has 0 heterocycles. The lowest BCUT2D eigenvalue weighted by molar-refractivity contribution is -0.140. The number of esters is 1. The smallest absolute Gasteiger partial charge is 0.305 e. The first-order valence-corrected chi connectivity index (χ1v) is 9.71. The SMILES string of the molecule is COC(=O)CCCCCCCCCCCCC/C=C/C=C/Br. The van der Waals surface area contributed by atoms with Gasteiger partial charge >= 0.3 is 5.97 Å². The first-order valence-electron chi connectivity index (χ1n) is 8.80. The molecule has 0 saturated heterocycles. The molecule has 0 aromatic carbocycles. The van der Waals surface area contributed by atoms with Gasteiger partial charge in [-0.3, -0.25) is 4.79 Å². The second-order valence-corrected chi connectivity index (χ2v) is 6.28. The van der Waals surface area contributed by atoms with Crippen molar-refractivity contribution in [2.24, 2.45) is 0 Å². The van der Waals surface area contributed by atoms with Gasteiger partial charge in [-0.2, -0.15) is 0 Å². The van der Waals surface area contributed by atoms with Crippen LogP contribution in [0.2, 0.25) is 0 Å². The molecule has 22 heavy (non-hydrogen) atoms. The number of hydrogen-bond acceptors (Lipinski definition) is 2. The molecule has 0 aromatic heterocycles. The minimum Gasteiger partial charge on any atom is -0.469 e. The van der Waals surface area contributed by atoms with E-state index in [9.17, 15) is 4.79 Å². The van der Waals surface area contributed by atoms with Crippen LogP contribution in [0, 0.1) is 0 Å². The molecule has 0 atom stereocenters. The predicted octanol–water partition coefficient (Wildman–Crippen LogP) is 6.70. The van der Waals surface area contributed by atoms with Gasteiger partial charge in [-0.25, -0.2) is 0 Å². The Bertz CT molecular complexity index is 298. The molecule has 3 heteroatoms. The zero-order valence-electron chi connectivity index (χ0n) is 14.2. The van der Waals surface area contributed by atoms with Gasteiger partial charge in [0.2, 0.25) is 0 Å². The first-order chi connectivity index (χ1) is 10.8. The Morgan fingerprint density at radius 1 is 0.818 bits per heavy atom. The van der Waals surface area contributed by atoms with Crippen LogP contribution in [0.15, 0.2) is 23.2 Å². The van der Waals surface area contributed by atoms with Gasteiger partial charge in [0.1, 0.15) is 0 Å². The molecule has 0 saturated carbocycles. The van der Waals surface area contributed by atoms with Gasteiger partial charge in [-0.05, 0) is 24.2 Å². The molecular weight excluding hydrogens is 340 g/mol. The fourth-order valence-corrected chi connectivity index (χ4v) is 2.62. The Hall–Kier alpha value is -0.570. The molecule has 0 radical (unpaired) electrons. The summed E-state index contributed by atoms with van der Waals surface area (Å²) in [6.45, 7) is 0. The maximum absolute atomic E-state index is 10.9. The standard InChI is InChI=1S/C19H33BrO2/c1-22-19(21)17-15-13-11-9-7-5-3-2-4-6-8-10-12-14-16-18-20/h12,14,16,18H,2-11,13,15,17H2,1H3/b14-12+,18-16+. The zero-order valence-corrected chi connectivity index (χ0v) is 15.8. The maximum Gasteiger partial charge on any atom is 0.305 e. The third-order valence-electron chi connectivity index (χ3n) is 3.80. The summed E-state index contributed by atoms with van der Waals surface area (Å²) in [5, 5.41) is 0. The van der Waals surface area contributed by atoms with E-state index in [-0.39, 0.29) is 5.97 Å². The summed E-state index contributed by atoms with van der Waals surface area (Å²) in [6.07, 6.45) is 22.3. The average molecular weight is 373 g/mol. The van der Waals surface area contributed by atoms with Crippen molar-refractivity contribution in [3.8, 4) is 0 Å². The second-order valence-electron chi connectivity index (χ2n) is 5.75. The van der Waals surface area contributed by atoms with Gasteiger partial charge in [-0.1, -0.05) is 91.9 Å². The lowest BCUT2D eigenvalue weighted by atomic mass is 10.0. The monoisotopic (exact) mass is 372 g/mol. The Morgan fingerprint density at radius 2 is 1.32 bits per heavy atom.